The van der Waals surface area contributed by atoms with Crippen LogP contribution in [0.1, 0.15) is 103 Å². The molecule has 0 bridgehead atoms. The fraction of sp³-hybridized carbons (Fsp3) is 0.952. The molecule has 0 saturated carbocycles. The summed E-state index contributed by atoms with van der Waals surface area (Å²) in [6.07, 6.45) is 15.0. The van der Waals surface area contributed by atoms with Crippen molar-refractivity contribution in [1.29, 1.82) is 0 Å². The molecule has 0 rings (SSSR count). The van der Waals surface area contributed by atoms with Gasteiger partial charge in [0, 0.05) is 6.42 Å². The van der Waals surface area contributed by atoms with Gasteiger partial charge in [-0.25, -0.2) is 0 Å². The average molecular weight is 375 g/mol. The molecule has 26 heavy (non-hydrogen) atoms. The molecule has 0 aliphatic carbocycles. The van der Waals surface area contributed by atoms with E-state index in [9.17, 15) is 9.90 Å². The van der Waals surface area contributed by atoms with Gasteiger partial charge >= 0.3 is 5.97 Å². The van der Waals surface area contributed by atoms with Crippen LogP contribution < -0.4 is 0 Å². The fourth-order valence-electron chi connectivity index (χ4n) is 2.98. The topological polar surface area (TPSA) is 87.0 Å². The summed E-state index contributed by atoms with van der Waals surface area (Å²) in [5.41, 5.74) is 0. The first-order chi connectivity index (χ1) is 12.6. The van der Waals surface area contributed by atoms with Crippen LogP contribution in [0.25, 0.3) is 0 Å². The van der Waals surface area contributed by atoms with Crippen LogP contribution in [0.3, 0.4) is 0 Å². The largest absolute Gasteiger partial charge is 0.463 e. The van der Waals surface area contributed by atoms with Crippen LogP contribution >= 0.6 is 0 Å². The Kier molecular flexibility index (Phi) is 18.6. The van der Waals surface area contributed by atoms with Crippen LogP contribution in [0.15, 0.2) is 0 Å². The monoisotopic (exact) mass is 374 g/mol. The van der Waals surface area contributed by atoms with Crippen molar-refractivity contribution in [2.45, 2.75) is 115 Å². The zero-order valence-corrected chi connectivity index (χ0v) is 16.8. The van der Waals surface area contributed by atoms with Crippen LogP contribution in [0.5, 0.6) is 0 Å². The summed E-state index contributed by atoms with van der Waals surface area (Å²) in [6.45, 7) is 1.71. The lowest BCUT2D eigenvalue weighted by atomic mass is 10.0. The summed E-state index contributed by atoms with van der Waals surface area (Å²) in [4.78, 5) is 11.4. The number of ether oxygens (including phenoxy) is 1. The fourth-order valence-corrected chi connectivity index (χ4v) is 2.98. The minimum Gasteiger partial charge on any atom is -0.463 e. The molecule has 0 aliphatic rings. The lowest BCUT2D eigenvalue weighted by Crippen LogP contribution is -2.21. The summed E-state index contributed by atoms with van der Waals surface area (Å²) in [5, 5.41) is 27.7. The van der Waals surface area contributed by atoms with E-state index >= 15 is 0 Å². The van der Waals surface area contributed by atoms with E-state index in [0.717, 1.165) is 51.4 Å². The van der Waals surface area contributed by atoms with Crippen molar-refractivity contribution < 1.29 is 24.9 Å². The van der Waals surface area contributed by atoms with Gasteiger partial charge in [-0.1, -0.05) is 77.6 Å². The van der Waals surface area contributed by atoms with Crippen LogP contribution in [-0.4, -0.2) is 46.7 Å². The van der Waals surface area contributed by atoms with Gasteiger partial charge in [-0.15, -0.1) is 0 Å². The maximum Gasteiger partial charge on any atom is 0.305 e. The van der Waals surface area contributed by atoms with Crippen molar-refractivity contribution >= 4 is 5.97 Å². The molecule has 2 unspecified atom stereocenters. The number of carbonyl (C=O) groups excluding carboxylic acids is 1. The summed E-state index contributed by atoms with van der Waals surface area (Å²) in [6, 6.07) is 0. The predicted octanol–water partition coefficient (Wildman–Crippen LogP) is 4.12. The van der Waals surface area contributed by atoms with Gasteiger partial charge in [-0.3, -0.25) is 4.79 Å². The molecule has 0 fully saturated rings. The molecule has 3 N–H and O–H groups in total. The summed E-state index contributed by atoms with van der Waals surface area (Å²) in [7, 11) is 0. The molecular weight excluding hydrogens is 332 g/mol. The number of aliphatic hydroxyl groups excluding tert-OH is 3. The third kappa shape index (κ3) is 18.2. The van der Waals surface area contributed by atoms with Gasteiger partial charge in [0.05, 0.1) is 12.7 Å². The number of hydrogen-bond acceptors (Lipinski definition) is 5. The Morgan fingerprint density at radius 1 is 0.769 bits per heavy atom. The van der Waals surface area contributed by atoms with E-state index in [1.807, 2.05) is 0 Å². The van der Waals surface area contributed by atoms with E-state index in [1.165, 1.54) is 38.5 Å². The Labute approximate surface area is 160 Å². The maximum atomic E-state index is 11.4. The van der Waals surface area contributed by atoms with E-state index < -0.39 is 12.7 Å². The minimum absolute atomic E-state index is 0.133. The zero-order chi connectivity index (χ0) is 19.5. The van der Waals surface area contributed by atoms with Crippen LogP contribution in [0, 0.1) is 0 Å². The predicted molar refractivity (Wildman–Crippen MR) is 105 cm³/mol. The van der Waals surface area contributed by atoms with Crippen molar-refractivity contribution in [3.63, 3.8) is 0 Å². The molecule has 0 heterocycles. The molecule has 0 aromatic carbocycles. The molecule has 156 valence electrons. The summed E-state index contributed by atoms with van der Waals surface area (Å²) < 4.78 is 4.85. The second-order valence-corrected chi connectivity index (χ2v) is 7.39. The number of esters is 1. The van der Waals surface area contributed by atoms with E-state index in [1.54, 1.807) is 0 Å². The highest BCUT2D eigenvalue weighted by Gasteiger charge is 2.07. The molecular formula is C21H42O5. The Hall–Kier alpha value is -0.650. The molecule has 0 aromatic heterocycles. The first-order valence-corrected chi connectivity index (χ1v) is 10.7. The molecule has 0 saturated heterocycles. The Balaban J connectivity index is 3.29. The highest BCUT2D eigenvalue weighted by Crippen LogP contribution is 2.14. The van der Waals surface area contributed by atoms with E-state index in [2.05, 4.69) is 6.92 Å². The van der Waals surface area contributed by atoms with E-state index in [-0.39, 0.29) is 18.7 Å². The number of hydrogen-bond donors (Lipinski definition) is 3. The van der Waals surface area contributed by atoms with Gasteiger partial charge in [0.15, 0.2) is 0 Å². The van der Waals surface area contributed by atoms with Gasteiger partial charge in [0.25, 0.3) is 0 Å². The van der Waals surface area contributed by atoms with Crippen molar-refractivity contribution in [1.82, 2.24) is 0 Å². The maximum absolute atomic E-state index is 11.4. The van der Waals surface area contributed by atoms with Crippen molar-refractivity contribution in [2.75, 3.05) is 13.2 Å². The van der Waals surface area contributed by atoms with Gasteiger partial charge in [0.2, 0.25) is 0 Å². The van der Waals surface area contributed by atoms with Crippen LogP contribution in [0.2, 0.25) is 0 Å². The number of aliphatic hydroxyl groups is 3. The Morgan fingerprint density at radius 2 is 1.27 bits per heavy atom. The third-order valence-corrected chi connectivity index (χ3v) is 4.71. The van der Waals surface area contributed by atoms with E-state index in [4.69, 9.17) is 14.9 Å². The Morgan fingerprint density at radius 3 is 1.81 bits per heavy atom. The minimum atomic E-state index is -0.980. The highest BCUT2D eigenvalue weighted by atomic mass is 16.5. The van der Waals surface area contributed by atoms with Gasteiger partial charge in [-0.2, -0.15) is 0 Å². The molecule has 0 amide bonds. The quantitative estimate of drug-likeness (QED) is 0.234. The molecule has 5 nitrogen and oxygen atoms in total. The lowest BCUT2D eigenvalue weighted by molar-refractivity contribution is -0.147. The van der Waals surface area contributed by atoms with Crippen molar-refractivity contribution in [2.24, 2.45) is 0 Å². The van der Waals surface area contributed by atoms with E-state index in [0.29, 0.717) is 6.42 Å². The van der Waals surface area contributed by atoms with Gasteiger partial charge < -0.3 is 20.1 Å². The average Bonchev–Trinajstić information content (AvgIpc) is 2.64. The highest BCUT2D eigenvalue weighted by molar-refractivity contribution is 5.69. The van der Waals surface area contributed by atoms with Crippen molar-refractivity contribution in [3.05, 3.63) is 0 Å². The standard InChI is InChI=1S/C21H42O5/c1-2-3-4-5-6-8-11-14-19(23)15-12-9-7-10-13-16-21(25)26-18-20(24)17-22/h19-20,22-24H,2-18H2,1H3. The molecule has 5 heteroatoms. The molecule has 0 radical (unpaired) electrons. The van der Waals surface area contributed by atoms with Gasteiger partial charge in [0.1, 0.15) is 12.7 Å². The second kappa shape index (κ2) is 19.1. The first-order valence-electron chi connectivity index (χ1n) is 10.7. The Bertz CT molecular complexity index is 309. The number of unbranched alkanes of at least 4 members (excludes halogenated alkanes) is 10. The molecule has 2 atom stereocenters. The number of rotatable bonds is 19. The molecule has 0 aromatic rings. The van der Waals surface area contributed by atoms with Crippen LogP contribution in [-0.2, 0) is 9.53 Å². The molecule has 0 spiro atoms. The van der Waals surface area contributed by atoms with Crippen molar-refractivity contribution in [3.8, 4) is 0 Å². The second-order valence-electron chi connectivity index (χ2n) is 7.39. The summed E-state index contributed by atoms with van der Waals surface area (Å²) >= 11 is 0. The van der Waals surface area contributed by atoms with Crippen LogP contribution in [0.4, 0.5) is 0 Å². The SMILES string of the molecule is CCCCCCCCCC(O)CCCCCCCC(=O)OCC(O)CO. The summed E-state index contributed by atoms with van der Waals surface area (Å²) in [5.74, 6) is -0.317. The number of carbonyl (C=O) groups is 1. The third-order valence-electron chi connectivity index (χ3n) is 4.71. The molecule has 0 aliphatic heterocycles. The first kappa shape index (κ1) is 25.4. The zero-order valence-electron chi connectivity index (χ0n) is 16.8. The van der Waals surface area contributed by atoms with Gasteiger partial charge in [-0.05, 0) is 19.3 Å². The lowest BCUT2D eigenvalue weighted by Gasteiger charge is -2.10. The normalized spacial score (nSPS) is 13.5. The smallest absolute Gasteiger partial charge is 0.305 e.